The molecule has 1 unspecified atom stereocenters. The molecule has 0 saturated carbocycles. The first-order valence-corrected chi connectivity index (χ1v) is 7.45. The molecular weight excluding hydrogens is 268 g/mol. The number of nitrogens with one attached hydrogen (secondary N) is 2. The zero-order valence-corrected chi connectivity index (χ0v) is 13.4. The van der Waals surface area contributed by atoms with Gasteiger partial charge in [-0.15, -0.1) is 0 Å². The summed E-state index contributed by atoms with van der Waals surface area (Å²) in [4.78, 5) is 21.1. The first-order chi connectivity index (χ1) is 9.92. The molecule has 0 radical (unpaired) electrons. The Bertz CT molecular complexity index is 527. The van der Waals surface area contributed by atoms with E-state index in [1.807, 2.05) is 0 Å². The first-order valence-electron chi connectivity index (χ1n) is 7.45. The minimum absolute atomic E-state index is 0.157. The second-order valence-electron chi connectivity index (χ2n) is 6.48. The Hall–Kier alpha value is -1.40. The van der Waals surface area contributed by atoms with Crippen LogP contribution in [0.5, 0.6) is 0 Å². The molecular formula is C15H26N4O2. The molecule has 6 nitrogen and oxygen atoms in total. The first kappa shape index (κ1) is 16.0. The predicted molar refractivity (Wildman–Crippen MR) is 83.5 cm³/mol. The SMILES string of the molecule is COCc1nc(NCC2N(C)CCCC2(C)C)cc(=O)[nH]1. The van der Waals surface area contributed by atoms with Gasteiger partial charge in [-0.1, -0.05) is 13.8 Å². The minimum atomic E-state index is -0.157. The number of rotatable bonds is 5. The summed E-state index contributed by atoms with van der Waals surface area (Å²) in [7, 11) is 3.74. The Morgan fingerprint density at radius 1 is 1.57 bits per heavy atom. The molecule has 6 heteroatoms. The van der Waals surface area contributed by atoms with E-state index in [9.17, 15) is 4.79 Å². The highest BCUT2D eigenvalue weighted by Crippen LogP contribution is 2.34. The van der Waals surface area contributed by atoms with Crippen LogP contribution in [0.1, 0.15) is 32.5 Å². The number of aromatic nitrogens is 2. The standard InChI is InChI=1S/C15H26N4O2/c1-15(2)6-5-7-19(3)11(15)9-16-12-8-14(20)18-13(17-12)10-21-4/h8,11H,5-7,9-10H2,1-4H3,(H2,16,17,18,20). The molecule has 1 aliphatic heterocycles. The lowest BCUT2D eigenvalue weighted by Crippen LogP contribution is -2.51. The maximum atomic E-state index is 11.6. The lowest BCUT2D eigenvalue weighted by molar-refractivity contribution is 0.0671. The fourth-order valence-electron chi connectivity index (χ4n) is 3.14. The van der Waals surface area contributed by atoms with E-state index >= 15 is 0 Å². The van der Waals surface area contributed by atoms with Gasteiger partial charge in [0.25, 0.3) is 5.56 Å². The van der Waals surface area contributed by atoms with Gasteiger partial charge in [-0.2, -0.15) is 0 Å². The lowest BCUT2D eigenvalue weighted by atomic mass is 9.76. The van der Waals surface area contributed by atoms with Crippen LogP contribution in [0.4, 0.5) is 5.82 Å². The van der Waals surface area contributed by atoms with Crippen molar-refractivity contribution in [2.75, 3.05) is 32.6 Å². The Morgan fingerprint density at radius 2 is 2.33 bits per heavy atom. The summed E-state index contributed by atoms with van der Waals surface area (Å²) in [5, 5.41) is 3.31. The molecule has 1 atom stereocenters. The normalized spacial score (nSPS) is 22.2. The molecule has 118 valence electrons. The van der Waals surface area contributed by atoms with E-state index in [1.54, 1.807) is 7.11 Å². The van der Waals surface area contributed by atoms with E-state index in [0.717, 1.165) is 13.1 Å². The summed E-state index contributed by atoms with van der Waals surface area (Å²) in [5.41, 5.74) is 0.104. The van der Waals surface area contributed by atoms with Gasteiger partial charge in [-0.25, -0.2) is 4.98 Å². The fourth-order valence-corrected chi connectivity index (χ4v) is 3.14. The van der Waals surface area contributed by atoms with Crippen molar-refractivity contribution < 1.29 is 4.74 Å². The molecule has 2 heterocycles. The van der Waals surface area contributed by atoms with Crippen molar-refractivity contribution in [2.24, 2.45) is 5.41 Å². The molecule has 2 N–H and O–H groups in total. The second-order valence-corrected chi connectivity index (χ2v) is 6.48. The summed E-state index contributed by atoms with van der Waals surface area (Å²) in [6.07, 6.45) is 2.46. The molecule has 2 rings (SSSR count). The topological polar surface area (TPSA) is 70.2 Å². The molecule has 0 bridgehead atoms. The van der Waals surface area contributed by atoms with Gasteiger partial charge in [-0.05, 0) is 31.8 Å². The molecule has 1 aliphatic rings. The summed E-state index contributed by atoms with van der Waals surface area (Å²) < 4.78 is 5.01. The number of nitrogens with zero attached hydrogens (tertiary/aromatic N) is 2. The molecule has 0 spiro atoms. The zero-order valence-electron chi connectivity index (χ0n) is 13.4. The number of H-pyrrole nitrogens is 1. The highest BCUT2D eigenvalue weighted by Gasteiger charge is 2.35. The van der Waals surface area contributed by atoms with Crippen molar-refractivity contribution >= 4 is 5.82 Å². The van der Waals surface area contributed by atoms with E-state index < -0.39 is 0 Å². The molecule has 0 aromatic carbocycles. The number of anilines is 1. The van der Waals surface area contributed by atoms with Crippen LogP contribution in [0, 0.1) is 5.41 Å². The van der Waals surface area contributed by atoms with Gasteiger partial charge in [0.1, 0.15) is 18.2 Å². The highest BCUT2D eigenvalue weighted by atomic mass is 16.5. The van der Waals surface area contributed by atoms with E-state index in [0.29, 0.717) is 24.3 Å². The predicted octanol–water partition coefficient (Wildman–Crippen LogP) is 1.45. The van der Waals surface area contributed by atoms with Crippen LogP contribution in [-0.2, 0) is 11.3 Å². The van der Waals surface area contributed by atoms with Crippen molar-refractivity contribution in [1.82, 2.24) is 14.9 Å². The smallest absolute Gasteiger partial charge is 0.253 e. The minimum Gasteiger partial charge on any atom is -0.377 e. The second kappa shape index (κ2) is 6.58. The van der Waals surface area contributed by atoms with Crippen molar-refractivity contribution in [2.45, 2.75) is 39.3 Å². The van der Waals surface area contributed by atoms with Crippen LogP contribution in [0.25, 0.3) is 0 Å². The summed E-state index contributed by atoms with van der Waals surface area (Å²) >= 11 is 0. The highest BCUT2D eigenvalue weighted by molar-refractivity contribution is 5.33. The average Bonchev–Trinajstić information content (AvgIpc) is 2.37. The summed E-state index contributed by atoms with van der Waals surface area (Å²) in [6, 6.07) is 1.92. The number of ether oxygens (including phenoxy) is 1. The van der Waals surface area contributed by atoms with Crippen LogP contribution in [0.2, 0.25) is 0 Å². The van der Waals surface area contributed by atoms with E-state index in [4.69, 9.17) is 4.74 Å². The van der Waals surface area contributed by atoms with Crippen LogP contribution in [-0.4, -0.2) is 48.2 Å². The van der Waals surface area contributed by atoms with Gasteiger partial charge in [0.05, 0.1) is 0 Å². The van der Waals surface area contributed by atoms with Crippen molar-refractivity contribution in [3.05, 3.63) is 22.2 Å². The maximum absolute atomic E-state index is 11.6. The van der Waals surface area contributed by atoms with Crippen LogP contribution < -0.4 is 10.9 Å². The fraction of sp³-hybridized carbons (Fsp3) is 0.733. The molecule has 1 aromatic rings. The average molecular weight is 294 g/mol. The molecule has 1 saturated heterocycles. The van der Waals surface area contributed by atoms with Gasteiger partial charge in [0.15, 0.2) is 0 Å². The Balaban J connectivity index is 2.06. The molecule has 1 aromatic heterocycles. The molecule has 1 fully saturated rings. The van der Waals surface area contributed by atoms with Crippen molar-refractivity contribution in [3.8, 4) is 0 Å². The summed E-state index contributed by atoms with van der Waals surface area (Å²) in [5.74, 6) is 1.16. The Labute approximate surface area is 125 Å². The third-order valence-corrected chi connectivity index (χ3v) is 4.31. The molecule has 0 amide bonds. The van der Waals surface area contributed by atoms with E-state index in [1.165, 1.54) is 18.9 Å². The van der Waals surface area contributed by atoms with Crippen LogP contribution in [0.15, 0.2) is 10.9 Å². The monoisotopic (exact) mass is 294 g/mol. The third kappa shape index (κ3) is 4.04. The van der Waals surface area contributed by atoms with Gasteiger partial charge < -0.3 is 19.9 Å². The van der Waals surface area contributed by atoms with Gasteiger partial charge in [-0.3, -0.25) is 4.79 Å². The number of piperidine rings is 1. The lowest BCUT2D eigenvalue weighted by Gasteiger charge is -2.45. The number of hydrogen-bond acceptors (Lipinski definition) is 5. The van der Waals surface area contributed by atoms with Gasteiger partial charge >= 0.3 is 0 Å². The Morgan fingerprint density at radius 3 is 3.00 bits per heavy atom. The van der Waals surface area contributed by atoms with Crippen LogP contribution in [0.3, 0.4) is 0 Å². The largest absolute Gasteiger partial charge is 0.377 e. The van der Waals surface area contributed by atoms with Crippen molar-refractivity contribution in [1.29, 1.82) is 0 Å². The number of hydrogen-bond donors (Lipinski definition) is 2. The van der Waals surface area contributed by atoms with Crippen molar-refractivity contribution in [3.63, 3.8) is 0 Å². The maximum Gasteiger partial charge on any atom is 0.253 e. The zero-order chi connectivity index (χ0) is 15.5. The van der Waals surface area contributed by atoms with E-state index in [-0.39, 0.29) is 11.0 Å². The van der Waals surface area contributed by atoms with Gasteiger partial charge in [0, 0.05) is 25.8 Å². The molecule has 0 aliphatic carbocycles. The third-order valence-electron chi connectivity index (χ3n) is 4.31. The number of likely N-dealkylation sites (tertiary alicyclic amines) is 1. The molecule has 21 heavy (non-hydrogen) atoms. The van der Waals surface area contributed by atoms with E-state index in [2.05, 4.69) is 41.1 Å². The number of methoxy groups -OCH3 is 1. The van der Waals surface area contributed by atoms with Crippen LogP contribution >= 0.6 is 0 Å². The quantitative estimate of drug-likeness (QED) is 0.860. The summed E-state index contributed by atoms with van der Waals surface area (Å²) in [6.45, 7) is 6.81. The Kier molecular flexibility index (Phi) is 5.00. The van der Waals surface area contributed by atoms with Gasteiger partial charge in [0.2, 0.25) is 0 Å². The number of aromatic amines is 1. The number of likely N-dealkylation sites (N-methyl/N-ethyl adjacent to an activating group) is 1.